The van der Waals surface area contributed by atoms with Crippen molar-refractivity contribution in [2.45, 2.75) is 12.0 Å². The first kappa shape index (κ1) is 21.6. The number of benzene rings is 1. The Balaban J connectivity index is 1.59. The van der Waals surface area contributed by atoms with Crippen LogP contribution in [0.2, 0.25) is 0 Å². The lowest BCUT2D eigenvalue weighted by atomic mass is 9.90. The smallest absolute Gasteiger partial charge is 0.274 e. The van der Waals surface area contributed by atoms with Crippen molar-refractivity contribution in [3.63, 3.8) is 0 Å². The molecule has 8 heteroatoms. The minimum absolute atomic E-state index is 0.143. The fraction of sp³-hybridized carbons (Fsp3) is 0.292. The number of amides is 2. The summed E-state index contributed by atoms with van der Waals surface area (Å²) in [7, 11) is 3.39. The summed E-state index contributed by atoms with van der Waals surface area (Å²) in [5, 5.41) is 0. The Kier molecular flexibility index (Phi) is 6.23. The lowest BCUT2D eigenvalue weighted by molar-refractivity contribution is -0.165. The van der Waals surface area contributed by atoms with E-state index >= 15 is 0 Å². The van der Waals surface area contributed by atoms with Crippen molar-refractivity contribution in [3.05, 3.63) is 78.6 Å². The topological polar surface area (TPSA) is 88.5 Å². The van der Waals surface area contributed by atoms with Gasteiger partial charge in [0.2, 0.25) is 0 Å². The zero-order valence-corrected chi connectivity index (χ0v) is 18.1. The molecule has 0 radical (unpaired) electrons. The molecule has 32 heavy (non-hydrogen) atoms. The van der Waals surface area contributed by atoms with Gasteiger partial charge in [0.25, 0.3) is 11.8 Å². The van der Waals surface area contributed by atoms with E-state index in [4.69, 9.17) is 4.74 Å². The van der Waals surface area contributed by atoms with Crippen LogP contribution in [0, 0.1) is 0 Å². The lowest BCUT2D eigenvalue weighted by Crippen LogP contribution is -2.61. The van der Waals surface area contributed by atoms with Crippen molar-refractivity contribution in [2.75, 3.05) is 33.8 Å². The fourth-order valence-electron chi connectivity index (χ4n) is 3.93. The number of carbonyl (C=O) groups excluding carboxylic acids is 2. The number of morpholine rings is 1. The molecular formula is C24H25N5O3. The van der Waals surface area contributed by atoms with Gasteiger partial charge < -0.3 is 14.5 Å². The number of carbonyl (C=O) groups is 2. The maximum atomic E-state index is 13.2. The largest absolute Gasteiger partial charge is 0.361 e. The summed E-state index contributed by atoms with van der Waals surface area (Å²) in [5.41, 5.74) is 2.09. The quantitative estimate of drug-likeness (QED) is 0.615. The van der Waals surface area contributed by atoms with Crippen LogP contribution in [0.25, 0.3) is 11.1 Å². The first-order chi connectivity index (χ1) is 15.5. The van der Waals surface area contributed by atoms with Crippen molar-refractivity contribution in [3.8, 4) is 11.1 Å². The molecule has 0 bridgehead atoms. The van der Waals surface area contributed by atoms with Crippen molar-refractivity contribution in [2.24, 2.45) is 0 Å². The Morgan fingerprint density at radius 3 is 2.47 bits per heavy atom. The minimum Gasteiger partial charge on any atom is -0.361 e. The van der Waals surface area contributed by atoms with Crippen LogP contribution in [0.5, 0.6) is 0 Å². The van der Waals surface area contributed by atoms with E-state index in [0.29, 0.717) is 13.0 Å². The van der Waals surface area contributed by atoms with Crippen LogP contribution < -0.4 is 0 Å². The van der Waals surface area contributed by atoms with E-state index in [1.54, 1.807) is 25.2 Å². The van der Waals surface area contributed by atoms with Gasteiger partial charge in [-0.1, -0.05) is 30.3 Å². The molecule has 1 atom stereocenters. The molecule has 0 saturated carbocycles. The number of hydrogen-bond acceptors (Lipinski definition) is 6. The molecule has 164 valence electrons. The Bertz CT molecular complexity index is 1070. The van der Waals surface area contributed by atoms with Crippen LogP contribution in [0.3, 0.4) is 0 Å². The Hall–Kier alpha value is -3.65. The molecule has 1 aliphatic rings. The monoisotopic (exact) mass is 431 g/mol. The van der Waals surface area contributed by atoms with Crippen molar-refractivity contribution < 1.29 is 14.3 Å². The number of aromatic nitrogens is 3. The first-order valence-corrected chi connectivity index (χ1v) is 10.4. The summed E-state index contributed by atoms with van der Waals surface area (Å²) in [5.74, 6) is -0.435. The predicted molar refractivity (Wildman–Crippen MR) is 119 cm³/mol. The summed E-state index contributed by atoms with van der Waals surface area (Å²) in [6, 6.07) is 11.9. The second kappa shape index (κ2) is 9.23. The molecule has 2 amide bonds. The van der Waals surface area contributed by atoms with Gasteiger partial charge >= 0.3 is 0 Å². The highest BCUT2D eigenvalue weighted by atomic mass is 16.5. The fourth-order valence-corrected chi connectivity index (χ4v) is 3.93. The van der Waals surface area contributed by atoms with Gasteiger partial charge in [0.15, 0.2) is 5.60 Å². The second-order valence-electron chi connectivity index (χ2n) is 7.98. The highest BCUT2D eigenvalue weighted by Gasteiger charge is 2.46. The second-order valence-corrected chi connectivity index (χ2v) is 7.98. The molecule has 3 heterocycles. The van der Waals surface area contributed by atoms with E-state index in [-0.39, 0.29) is 30.7 Å². The average molecular weight is 431 g/mol. The molecule has 2 aromatic heterocycles. The van der Waals surface area contributed by atoms with E-state index in [1.165, 1.54) is 23.5 Å². The minimum atomic E-state index is -1.17. The molecule has 1 saturated heterocycles. The summed E-state index contributed by atoms with van der Waals surface area (Å²) in [6.45, 7) is 0.793. The number of hydrogen-bond donors (Lipinski definition) is 0. The highest BCUT2D eigenvalue weighted by molar-refractivity contribution is 5.93. The normalized spacial score (nSPS) is 18.2. The van der Waals surface area contributed by atoms with Crippen LogP contribution in [0.4, 0.5) is 0 Å². The van der Waals surface area contributed by atoms with Crippen LogP contribution >= 0.6 is 0 Å². The standard InChI is InChI=1S/C24H25N5O3/c1-28(2)23(31)24(14-18-5-7-19(8-6-18)20-4-3-9-25-15-20)17-29(12-13-32-24)22(30)21-16-26-10-11-27-21/h3-11,15-16H,12-14,17H2,1-2H3/t24-/m1/s1. The van der Waals surface area contributed by atoms with Crippen molar-refractivity contribution in [1.82, 2.24) is 24.8 Å². The zero-order chi connectivity index (χ0) is 22.6. The Morgan fingerprint density at radius 2 is 1.81 bits per heavy atom. The van der Waals surface area contributed by atoms with Crippen LogP contribution in [0.15, 0.2) is 67.4 Å². The van der Waals surface area contributed by atoms with Gasteiger partial charge in [0.05, 0.1) is 19.3 Å². The number of nitrogens with zero attached hydrogens (tertiary/aromatic N) is 5. The van der Waals surface area contributed by atoms with Gasteiger partial charge in [-0.25, -0.2) is 4.98 Å². The van der Waals surface area contributed by atoms with E-state index in [0.717, 1.165) is 16.7 Å². The van der Waals surface area contributed by atoms with Gasteiger partial charge in [-0.3, -0.25) is 19.6 Å². The summed E-state index contributed by atoms with van der Waals surface area (Å²) < 4.78 is 6.09. The van der Waals surface area contributed by atoms with E-state index in [9.17, 15) is 9.59 Å². The van der Waals surface area contributed by atoms with Crippen molar-refractivity contribution in [1.29, 1.82) is 0 Å². The summed E-state index contributed by atoms with van der Waals surface area (Å²) >= 11 is 0. The third kappa shape index (κ3) is 4.50. The Labute approximate surface area is 186 Å². The summed E-state index contributed by atoms with van der Waals surface area (Å²) in [4.78, 5) is 41.6. The molecule has 0 unspecified atom stereocenters. The third-order valence-electron chi connectivity index (χ3n) is 5.49. The molecule has 0 aliphatic carbocycles. The molecule has 3 aromatic rings. The molecule has 0 spiro atoms. The highest BCUT2D eigenvalue weighted by Crippen LogP contribution is 2.27. The zero-order valence-electron chi connectivity index (χ0n) is 18.1. The molecule has 1 aliphatic heterocycles. The summed E-state index contributed by atoms with van der Waals surface area (Å²) in [6.07, 6.45) is 8.34. The number of pyridine rings is 1. The Morgan fingerprint density at radius 1 is 1.03 bits per heavy atom. The van der Waals surface area contributed by atoms with Gasteiger partial charge in [0.1, 0.15) is 5.69 Å². The SMILES string of the molecule is CN(C)C(=O)[C@@]1(Cc2ccc(-c3cccnc3)cc2)CN(C(=O)c2cnccn2)CCO1. The van der Waals surface area contributed by atoms with Gasteiger partial charge in [-0.05, 0) is 22.8 Å². The molecule has 1 fully saturated rings. The maximum Gasteiger partial charge on any atom is 0.274 e. The van der Waals surface area contributed by atoms with Gasteiger partial charge in [-0.2, -0.15) is 0 Å². The van der Waals surface area contributed by atoms with Crippen molar-refractivity contribution >= 4 is 11.8 Å². The molecule has 4 rings (SSSR count). The van der Waals surface area contributed by atoms with Crippen LogP contribution in [-0.4, -0.2) is 76.0 Å². The number of likely N-dealkylation sites (N-methyl/N-ethyl adjacent to an activating group) is 1. The van der Waals surface area contributed by atoms with E-state index in [1.807, 2.05) is 42.6 Å². The number of rotatable bonds is 5. The van der Waals surface area contributed by atoms with Crippen LogP contribution in [-0.2, 0) is 16.0 Å². The molecular weight excluding hydrogens is 406 g/mol. The maximum absolute atomic E-state index is 13.2. The van der Waals surface area contributed by atoms with E-state index in [2.05, 4.69) is 15.0 Å². The first-order valence-electron chi connectivity index (χ1n) is 10.4. The molecule has 1 aromatic carbocycles. The van der Waals surface area contributed by atoms with Gasteiger partial charge in [0, 0.05) is 51.8 Å². The predicted octanol–water partition coefficient (Wildman–Crippen LogP) is 2.08. The van der Waals surface area contributed by atoms with E-state index < -0.39 is 5.60 Å². The molecule has 0 N–H and O–H groups in total. The lowest BCUT2D eigenvalue weighted by Gasteiger charge is -2.42. The average Bonchev–Trinajstić information content (AvgIpc) is 2.84. The molecule has 8 nitrogen and oxygen atoms in total. The third-order valence-corrected chi connectivity index (χ3v) is 5.49. The van der Waals surface area contributed by atoms with Crippen LogP contribution in [0.1, 0.15) is 16.1 Å². The van der Waals surface area contributed by atoms with Gasteiger partial charge in [-0.15, -0.1) is 0 Å². The number of ether oxygens (including phenoxy) is 1.